The fourth-order valence-electron chi connectivity index (χ4n) is 3.33. The number of aromatic nitrogens is 4. The molecule has 1 aliphatic rings. The zero-order chi connectivity index (χ0) is 17.1. The Bertz CT molecular complexity index is 841. The second kappa shape index (κ2) is 7.13. The van der Waals surface area contributed by atoms with Crippen LogP contribution in [0.1, 0.15) is 37.7 Å². The molecule has 0 spiro atoms. The van der Waals surface area contributed by atoms with Crippen LogP contribution in [0.3, 0.4) is 0 Å². The van der Waals surface area contributed by atoms with Crippen molar-refractivity contribution in [3.05, 3.63) is 42.4 Å². The predicted octanol–water partition coefficient (Wildman–Crippen LogP) is 2.27. The molecule has 0 atom stereocenters. The van der Waals surface area contributed by atoms with Gasteiger partial charge in [-0.05, 0) is 29.9 Å². The first-order valence-corrected chi connectivity index (χ1v) is 8.83. The molecule has 1 aliphatic carbocycles. The number of nitrogens with zero attached hydrogens (tertiary/aromatic N) is 4. The summed E-state index contributed by atoms with van der Waals surface area (Å²) in [5.41, 5.74) is 2.36. The molecule has 7 heteroatoms. The molecule has 0 aliphatic heterocycles. The Hall–Kier alpha value is -2.57. The second-order valence-electron chi connectivity index (χ2n) is 6.56. The van der Waals surface area contributed by atoms with Crippen LogP contribution in [0, 0.1) is 0 Å². The number of anilines is 2. The molecule has 4 rings (SSSR count). The van der Waals surface area contributed by atoms with E-state index in [2.05, 4.69) is 25.7 Å². The normalized spacial score (nSPS) is 15.4. The van der Waals surface area contributed by atoms with Crippen molar-refractivity contribution >= 4 is 30.6 Å². The van der Waals surface area contributed by atoms with E-state index in [-0.39, 0.29) is 0 Å². The molecule has 0 saturated heterocycles. The Balaban J connectivity index is 1.59. The summed E-state index contributed by atoms with van der Waals surface area (Å²) < 4.78 is 1.75. The molecule has 25 heavy (non-hydrogen) atoms. The number of hydrogen-bond acceptors (Lipinski definition) is 5. The molecule has 6 nitrogen and oxygen atoms in total. The molecule has 1 saturated carbocycles. The Morgan fingerprint density at radius 2 is 2.08 bits per heavy atom. The third-order valence-electron chi connectivity index (χ3n) is 4.65. The standard InChI is InChI=1S/C18H21BN6/c19-15-12-22-25-17(21-11-13-5-4-8-20-10-13)9-16(24-18(15)25)23-14-6-2-1-3-7-14/h4-5,8-10,12,14,21H,1-3,6-7,11H2,(H,23,24). The van der Waals surface area contributed by atoms with Crippen LogP contribution < -0.4 is 16.1 Å². The Kier molecular flexibility index (Phi) is 4.54. The van der Waals surface area contributed by atoms with Crippen molar-refractivity contribution in [2.75, 3.05) is 10.6 Å². The Morgan fingerprint density at radius 3 is 2.88 bits per heavy atom. The zero-order valence-corrected chi connectivity index (χ0v) is 14.2. The number of fused-ring (bicyclic) bond motifs is 1. The Morgan fingerprint density at radius 1 is 1.20 bits per heavy atom. The largest absolute Gasteiger partial charge is 0.367 e. The van der Waals surface area contributed by atoms with E-state index in [1.54, 1.807) is 16.9 Å². The average Bonchev–Trinajstić information content (AvgIpc) is 3.03. The van der Waals surface area contributed by atoms with Gasteiger partial charge in [0.15, 0.2) is 5.65 Å². The lowest BCUT2D eigenvalue weighted by Gasteiger charge is -2.23. The van der Waals surface area contributed by atoms with Crippen LogP contribution in [0.15, 0.2) is 36.8 Å². The quantitative estimate of drug-likeness (QED) is 0.702. The lowest BCUT2D eigenvalue weighted by molar-refractivity contribution is 0.462. The van der Waals surface area contributed by atoms with Gasteiger partial charge in [0, 0.05) is 37.2 Å². The van der Waals surface area contributed by atoms with Gasteiger partial charge in [-0.1, -0.05) is 25.3 Å². The van der Waals surface area contributed by atoms with Gasteiger partial charge < -0.3 is 10.6 Å². The van der Waals surface area contributed by atoms with E-state index in [9.17, 15) is 0 Å². The minimum Gasteiger partial charge on any atom is -0.367 e. The first-order valence-electron chi connectivity index (χ1n) is 8.83. The smallest absolute Gasteiger partial charge is 0.152 e. The third kappa shape index (κ3) is 3.60. The highest BCUT2D eigenvalue weighted by atomic mass is 15.3. The maximum atomic E-state index is 6.04. The first-order chi connectivity index (χ1) is 12.3. The highest BCUT2D eigenvalue weighted by Crippen LogP contribution is 2.23. The van der Waals surface area contributed by atoms with Crippen LogP contribution in [-0.4, -0.2) is 33.5 Å². The van der Waals surface area contributed by atoms with Crippen LogP contribution in [0.2, 0.25) is 0 Å². The molecule has 3 heterocycles. The van der Waals surface area contributed by atoms with Gasteiger partial charge in [0.25, 0.3) is 0 Å². The van der Waals surface area contributed by atoms with Crippen LogP contribution in [0.25, 0.3) is 5.65 Å². The lowest BCUT2D eigenvalue weighted by Crippen LogP contribution is -2.23. The van der Waals surface area contributed by atoms with Gasteiger partial charge >= 0.3 is 0 Å². The highest BCUT2D eigenvalue weighted by molar-refractivity contribution is 6.36. The van der Waals surface area contributed by atoms with Crippen LogP contribution >= 0.6 is 0 Å². The summed E-state index contributed by atoms with van der Waals surface area (Å²) in [6.07, 6.45) is 11.5. The molecule has 0 bridgehead atoms. The molecule has 0 unspecified atom stereocenters. The summed E-state index contributed by atoms with van der Waals surface area (Å²) in [6.45, 7) is 0.662. The van der Waals surface area contributed by atoms with Crippen molar-refractivity contribution in [3.8, 4) is 0 Å². The van der Waals surface area contributed by atoms with E-state index < -0.39 is 0 Å². The second-order valence-corrected chi connectivity index (χ2v) is 6.56. The number of pyridine rings is 1. The van der Waals surface area contributed by atoms with Crippen LogP contribution in [0.4, 0.5) is 11.6 Å². The third-order valence-corrected chi connectivity index (χ3v) is 4.65. The molecular weight excluding hydrogens is 311 g/mol. The van der Waals surface area contributed by atoms with Crippen molar-refractivity contribution in [2.45, 2.75) is 44.7 Å². The molecule has 0 aromatic carbocycles. The summed E-state index contributed by atoms with van der Waals surface area (Å²) in [4.78, 5) is 8.81. The van der Waals surface area contributed by atoms with Gasteiger partial charge in [0.2, 0.25) is 0 Å². The van der Waals surface area contributed by atoms with Gasteiger partial charge in [-0.15, -0.1) is 0 Å². The summed E-state index contributed by atoms with van der Waals surface area (Å²) >= 11 is 0. The summed E-state index contributed by atoms with van der Waals surface area (Å²) in [5.74, 6) is 1.71. The Labute approximate surface area is 148 Å². The minimum absolute atomic E-state index is 0.485. The topological polar surface area (TPSA) is 67.1 Å². The monoisotopic (exact) mass is 332 g/mol. The van der Waals surface area contributed by atoms with Gasteiger partial charge in [-0.3, -0.25) is 4.98 Å². The minimum atomic E-state index is 0.485. The molecular formula is C18H21BN6. The molecule has 0 amide bonds. The number of rotatable bonds is 5. The van der Waals surface area contributed by atoms with Gasteiger partial charge in [-0.2, -0.15) is 9.61 Å². The van der Waals surface area contributed by atoms with E-state index in [4.69, 9.17) is 7.85 Å². The first kappa shape index (κ1) is 15.9. The molecule has 2 radical (unpaired) electrons. The van der Waals surface area contributed by atoms with E-state index in [1.807, 2.05) is 24.4 Å². The molecule has 126 valence electrons. The van der Waals surface area contributed by atoms with Crippen LogP contribution in [-0.2, 0) is 6.54 Å². The van der Waals surface area contributed by atoms with Crippen molar-refractivity contribution in [1.82, 2.24) is 19.6 Å². The maximum absolute atomic E-state index is 6.04. The molecule has 3 aromatic heterocycles. The van der Waals surface area contributed by atoms with E-state index in [1.165, 1.54) is 32.1 Å². The maximum Gasteiger partial charge on any atom is 0.152 e. The SMILES string of the molecule is [B]c1cnn2c(NCc3cccnc3)cc(NC3CCCCC3)nc12. The molecule has 1 fully saturated rings. The fraction of sp³-hybridized carbons (Fsp3) is 0.389. The summed E-state index contributed by atoms with van der Waals surface area (Å²) in [6, 6.07) is 6.46. The zero-order valence-electron chi connectivity index (χ0n) is 14.2. The molecule has 3 aromatic rings. The highest BCUT2D eigenvalue weighted by Gasteiger charge is 2.15. The average molecular weight is 332 g/mol. The molecule has 2 N–H and O–H groups in total. The van der Waals surface area contributed by atoms with Gasteiger partial charge in [0.1, 0.15) is 19.5 Å². The number of nitrogens with one attached hydrogen (secondary N) is 2. The van der Waals surface area contributed by atoms with Crippen molar-refractivity contribution in [3.63, 3.8) is 0 Å². The van der Waals surface area contributed by atoms with Crippen molar-refractivity contribution in [2.24, 2.45) is 0 Å². The lowest BCUT2D eigenvalue weighted by atomic mass is 9.95. The predicted molar refractivity (Wildman–Crippen MR) is 100 cm³/mol. The van der Waals surface area contributed by atoms with Gasteiger partial charge in [0.05, 0.1) is 0 Å². The number of hydrogen-bond donors (Lipinski definition) is 2. The van der Waals surface area contributed by atoms with Gasteiger partial charge in [-0.25, -0.2) is 4.98 Å². The van der Waals surface area contributed by atoms with E-state index in [0.29, 0.717) is 23.7 Å². The fourth-order valence-corrected chi connectivity index (χ4v) is 3.33. The summed E-state index contributed by atoms with van der Waals surface area (Å²) in [7, 11) is 6.04. The summed E-state index contributed by atoms with van der Waals surface area (Å²) in [5, 5.41) is 11.3. The van der Waals surface area contributed by atoms with E-state index >= 15 is 0 Å². The van der Waals surface area contributed by atoms with Crippen LogP contribution in [0.5, 0.6) is 0 Å². The van der Waals surface area contributed by atoms with E-state index in [0.717, 1.165) is 17.2 Å². The van der Waals surface area contributed by atoms with Crippen molar-refractivity contribution in [1.29, 1.82) is 0 Å². The van der Waals surface area contributed by atoms with Crippen molar-refractivity contribution < 1.29 is 0 Å².